The second kappa shape index (κ2) is 5.55. The molecule has 0 saturated heterocycles. The van der Waals surface area contributed by atoms with Crippen LogP contribution in [0.4, 0.5) is 0 Å². The minimum absolute atomic E-state index is 0.130. The second-order valence-corrected chi connectivity index (χ2v) is 2.91. The van der Waals surface area contributed by atoms with Gasteiger partial charge in [0.1, 0.15) is 5.75 Å². The van der Waals surface area contributed by atoms with Gasteiger partial charge in [-0.15, -0.1) is 0 Å². The van der Waals surface area contributed by atoms with Crippen molar-refractivity contribution in [2.45, 2.75) is 0 Å². The number of carboxylic acids is 2. The zero-order chi connectivity index (χ0) is 12.8. The van der Waals surface area contributed by atoms with E-state index in [1.165, 1.54) is 12.3 Å². The number of hydrogen-bond acceptors (Lipinski definition) is 4. The lowest BCUT2D eigenvalue weighted by Gasteiger charge is -2.07. The third-order valence-electron chi connectivity index (χ3n) is 1.86. The molecule has 0 heterocycles. The van der Waals surface area contributed by atoms with Gasteiger partial charge in [0, 0.05) is 0 Å². The van der Waals surface area contributed by atoms with Crippen LogP contribution in [0.25, 0.3) is 0 Å². The van der Waals surface area contributed by atoms with Crippen LogP contribution in [0.2, 0.25) is 0 Å². The Labute approximate surface area is 96.7 Å². The first-order valence-electron chi connectivity index (χ1n) is 4.52. The molecule has 6 heteroatoms. The largest absolute Gasteiger partial charge is 0.478 e. The van der Waals surface area contributed by atoms with Gasteiger partial charge in [-0.3, -0.25) is 0 Å². The Morgan fingerprint density at radius 3 is 2.41 bits per heavy atom. The van der Waals surface area contributed by atoms with Crippen molar-refractivity contribution >= 4 is 11.9 Å². The smallest absolute Gasteiger partial charge is 0.336 e. The molecule has 0 aliphatic rings. The summed E-state index contributed by atoms with van der Waals surface area (Å²) in [4.78, 5) is 21.6. The summed E-state index contributed by atoms with van der Waals surface area (Å²) in [5.74, 6) is -2.44. The standard InChI is InChI=1S/C11H10O6/c1-2-16-6-17-7-3-4-8(10(12)13)9(5-7)11(14)15/h2-5H,1,6H2,(H,12,13)(H,14,15). The maximum Gasteiger partial charge on any atom is 0.336 e. The normalized spacial score (nSPS) is 9.41. The highest BCUT2D eigenvalue weighted by atomic mass is 16.7. The molecule has 1 aromatic rings. The molecule has 2 N–H and O–H groups in total. The molecular weight excluding hydrogens is 228 g/mol. The Morgan fingerprint density at radius 2 is 1.88 bits per heavy atom. The fourth-order valence-corrected chi connectivity index (χ4v) is 1.13. The van der Waals surface area contributed by atoms with Gasteiger partial charge in [0.2, 0.25) is 6.79 Å². The molecule has 0 unspecified atom stereocenters. The Kier molecular flexibility index (Phi) is 4.10. The van der Waals surface area contributed by atoms with Gasteiger partial charge in [-0.05, 0) is 18.2 Å². The van der Waals surface area contributed by atoms with Crippen molar-refractivity contribution in [3.8, 4) is 5.75 Å². The minimum Gasteiger partial charge on any atom is -0.478 e. The molecule has 0 aromatic heterocycles. The summed E-state index contributed by atoms with van der Waals surface area (Å²) in [5, 5.41) is 17.6. The van der Waals surface area contributed by atoms with Crippen LogP contribution in [0, 0.1) is 0 Å². The molecule has 1 rings (SSSR count). The number of rotatable bonds is 6. The third kappa shape index (κ3) is 3.23. The molecule has 0 atom stereocenters. The molecule has 0 saturated carbocycles. The van der Waals surface area contributed by atoms with Crippen molar-refractivity contribution in [1.82, 2.24) is 0 Å². The van der Waals surface area contributed by atoms with E-state index in [0.717, 1.165) is 12.1 Å². The number of benzene rings is 1. The van der Waals surface area contributed by atoms with Gasteiger partial charge in [0.25, 0.3) is 0 Å². The maximum absolute atomic E-state index is 10.8. The summed E-state index contributed by atoms with van der Waals surface area (Å²) in [6, 6.07) is 3.63. The maximum atomic E-state index is 10.8. The van der Waals surface area contributed by atoms with E-state index >= 15 is 0 Å². The number of hydrogen-bond donors (Lipinski definition) is 2. The van der Waals surface area contributed by atoms with E-state index in [4.69, 9.17) is 19.7 Å². The lowest BCUT2D eigenvalue weighted by molar-refractivity contribution is 0.0647. The average molecular weight is 238 g/mol. The SMILES string of the molecule is C=COCOc1ccc(C(=O)O)c(C(=O)O)c1. The van der Waals surface area contributed by atoms with Crippen molar-refractivity contribution in [2.24, 2.45) is 0 Å². The molecule has 0 fully saturated rings. The number of ether oxygens (including phenoxy) is 2. The molecule has 1 aromatic carbocycles. The monoisotopic (exact) mass is 238 g/mol. The third-order valence-corrected chi connectivity index (χ3v) is 1.86. The summed E-state index contributed by atoms with van der Waals surface area (Å²) in [6.45, 7) is 3.17. The molecule has 0 aliphatic carbocycles. The molecule has 0 bridgehead atoms. The minimum atomic E-state index is -1.34. The van der Waals surface area contributed by atoms with Crippen LogP contribution in [0.5, 0.6) is 5.75 Å². The summed E-state index contributed by atoms with van der Waals surface area (Å²) < 4.78 is 9.72. The first-order valence-corrected chi connectivity index (χ1v) is 4.52. The van der Waals surface area contributed by atoms with E-state index in [9.17, 15) is 9.59 Å². The second-order valence-electron chi connectivity index (χ2n) is 2.91. The molecule has 0 spiro atoms. The molecule has 6 nitrogen and oxygen atoms in total. The van der Waals surface area contributed by atoms with Crippen LogP contribution in [0.1, 0.15) is 20.7 Å². The quantitative estimate of drug-likeness (QED) is 0.444. The van der Waals surface area contributed by atoms with Gasteiger partial charge in [-0.2, -0.15) is 0 Å². The Morgan fingerprint density at radius 1 is 1.24 bits per heavy atom. The van der Waals surface area contributed by atoms with Crippen LogP contribution in [0.15, 0.2) is 31.0 Å². The molecule has 0 amide bonds. The molecule has 0 aliphatic heterocycles. The van der Waals surface area contributed by atoms with E-state index < -0.39 is 11.9 Å². The van der Waals surface area contributed by atoms with E-state index in [1.54, 1.807) is 0 Å². The predicted molar refractivity (Wildman–Crippen MR) is 57.1 cm³/mol. The molecular formula is C11H10O6. The Balaban J connectivity index is 2.97. The summed E-state index contributed by atoms with van der Waals surface area (Å²) in [6.07, 6.45) is 1.17. The van der Waals surface area contributed by atoms with E-state index in [0.29, 0.717) is 0 Å². The molecule has 17 heavy (non-hydrogen) atoms. The first-order chi connectivity index (χ1) is 8.06. The van der Waals surface area contributed by atoms with E-state index in [2.05, 4.69) is 6.58 Å². The zero-order valence-corrected chi connectivity index (χ0v) is 8.75. The fraction of sp³-hybridized carbons (Fsp3) is 0.0909. The van der Waals surface area contributed by atoms with Crippen LogP contribution < -0.4 is 4.74 Å². The van der Waals surface area contributed by atoms with Crippen LogP contribution in [-0.4, -0.2) is 28.9 Å². The predicted octanol–water partition coefficient (Wildman–Crippen LogP) is 1.58. The Hall–Kier alpha value is -2.50. The van der Waals surface area contributed by atoms with Gasteiger partial charge < -0.3 is 19.7 Å². The Bertz CT molecular complexity index is 451. The summed E-state index contributed by atoms with van der Waals surface area (Å²) >= 11 is 0. The van der Waals surface area contributed by atoms with Crippen molar-refractivity contribution in [3.63, 3.8) is 0 Å². The van der Waals surface area contributed by atoms with Crippen molar-refractivity contribution in [1.29, 1.82) is 0 Å². The van der Waals surface area contributed by atoms with Crippen molar-refractivity contribution in [3.05, 3.63) is 42.2 Å². The van der Waals surface area contributed by atoms with Crippen molar-refractivity contribution in [2.75, 3.05) is 6.79 Å². The van der Waals surface area contributed by atoms with E-state index in [-0.39, 0.29) is 23.7 Å². The van der Waals surface area contributed by atoms with Gasteiger partial charge in [0.15, 0.2) is 0 Å². The zero-order valence-electron chi connectivity index (χ0n) is 8.75. The van der Waals surface area contributed by atoms with Gasteiger partial charge >= 0.3 is 11.9 Å². The van der Waals surface area contributed by atoms with Gasteiger partial charge in [0.05, 0.1) is 17.4 Å². The van der Waals surface area contributed by atoms with Gasteiger partial charge in [-0.25, -0.2) is 9.59 Å². The summed E-state index contributed by atoms with van der Waals surface area (Å²) in [7, 11) is 0. The average Bonchev–Trinajstić information content (AvgIpc) is 2.29. The lowest BCUT2D eigenvalue weighted by Crippen LogP contribution is -2.08. The highest BCUT2D eigenvalue weighted by Gasteiger charge is 2.16. The van der Waals surface area contributed by atoms with Crippen LogP contribution >= 0.6 is 0 Å². The van der Waals surface area contributed by atoms with Crippen molar-refractivity contribution < 1.29 is 29.3 Å². The molecule has 90 valence electrons. The fourth-order valence-electron chi connectivity index (χ4n) is 1.13. The number of aromatic carboxylic acids is 2. The highest BCUT2D eigenvalue weighted by Crippen LogP contribution is 2.18. The van der Waals surface area contributed by atoms with Crippen LogP contribution in [-0.2, 0) is 4.74 Å². The summed E-state index contributed by atoms with van der Waals surface area (Å²) in [5.41, 5.74) is -0.636. The molecule has 0 radical (unpaired) electrons. The first kappa shape index (κ1) is 12.6. The number of carboxylic acid groups (broad SMARTS) is 2. The lowest BCUT2D eigenvalue weighted by atomic mass is 10.1. The highest BCUT2D eigenvalue weighted by molar-refractivity contribution is 6.01. The topological polar surface area (TPSA) is 93.1 Å². The van der Waals surface area contributed by atoms with E-state index in [1.807, 2.05) is 0 Å². The van der Waals surface area contributed by atoms with Gasteiger partial charge in [-0.1, -0.05) is 6.58 Å². The van der Waals surface area contributed by atoms with Crippen LogP contribution in [0.3, 0.4) is 0 Å². The number of carbonyl (C=O) groups is 2.